The molecule has 0 aliphatic heterocycles. The highest BCUT2D eigenvalue weighted by atomic mass is 32.2. The highest BCUT2D eigenvalue weighted by Gasteiger charge is 2.36. The van der Waals surface area contributed by atoms with Gasteiger partial charge in [-0.3, -0.25) is 9.89 Å². The molecule has 0 aromatic carbocycles. The van der Waals surface area contributed by atoms with E-state index < -0.39 is 0 Å². The SMILES string of the molecule is CSC1(CNC(=O)c2cn[nH]c2N)CCC1. The zero-order valence-electron chi connectivity index (χ0n) is 9.25. The number of aromatic nitrogens is 2. The molecular formula is C10H16N4OS. The third-order valence-corrected chi connectivity index (χ3v) is 4.60. The highest BCUT2D eigenvalue weighted by Crippen LogP contribution is 2.42. The maximum Gasteiger partial charge on any atom is 0.256 e. The van der Waals surface area contributed by atoms with Crippen molar-refractivity contribution in [1.29, 1.82) is 0 Å². The topological polar surface area (TPSA) is 83.8 Å². The van der Waals surface area contributed by atoms with Gasteiger partial charge in [-0.25, -0.2) is 0 Å². The van der Waals surface area contributed by atoms with Crippen LogP contribution in [0.5, 0.6) is 0 Å². The molecule has 0 radical (unpaired) electrons. The fraction of sp³-hybridized carbons (Fsp3) is 0.600. The number of rotatable bonds is 4. The van der Waals surface area contributed by atoms with Gasteiger partial charge in [0.05, 0.1) is 6.20 Å². The number of hydrogen-bond acceptors (Lipinski definition) is 4. The molecule has 1 heterocycles. The van der Waals surface area contributed by atoms with E-state index in [9.17, 15) is 4.79 Å². The summed E-state index contributed by atoms with van der Waals surface area (Å²) in [6, 6.07) is 0. The van der Waals surface area contributed by atoms with Crippen molar-refractivity contribution in [1.82, 2.24) is 15.5 Å². The van der Waals surface area contributed by atoms with E-state index in [1.807, 2.05) is 11.8 Å². The minimum atomic E-state index is -0.147. The number of nitrogen functional groups attached to an aromatic ring is 1. The van der Waals surface area contributed by atoms with E-state index in [4.69, 9.17) is 5.73 Å². The van der Waals surface area contributed by atoms with E-state index in [2.05, 4.69) is 21.8 Å². The van der Waals surface area contributed by atoms with Crippen molar-refractivity contribution in [3.8, 4) is 0 Å². The van der Waals surface area contributed by atoms with E-state index in [1.54, 1.807) is 0 Å². The van der Waals surface area contributed by atoms with Crippen LogP contribution in [-0.2, 0) is 0 Å². The summed E-state index contributed by atoms with van der Waals surface area (Å²) in [6.07, 6.45) is 7.16. The molecule has 4 N–H and O–H groups in total. The quantitative estimate of drug-likeness (QED) is 0.733. The summed E-state index contributed by atoms with van der Waals surface area (Å²) in [4.78, 5) is 11.8. The Balaban J connectivity index is 1.91. The number of anilines is 1. The number of aromatic amines is 1. The number of amides is 1. The molecule has 0 atom stereocenters. The Kier molecular flexibility index (Phi) is 3.09. The predicted octanol–water partition coefficient (Wildman–Crippen LogP) is 1.01. The van der Waals surface area contributed by atoms with E-state index in [0.29, 0.717) is 17.9 Å². The van der Waals surface area contributed by atoms with Crippen LogP contribution in [0.3, 0.4) is 0 Å². The van der Waals surface area contributed by atoms with E-state index in [1.165, 1.54) is 25.5 Å². The lowest BCUT2D eigenvalue weighted by atomic mass is 9.84. The predicted molar refractivity (Wildman–Crippen MR) is 65.4 cm³/mol. The Morgan fingerprint density at radius 3 is 2.94 bits per heavy atom. The van der Waals surface area contributed by atoms with Gasteiger partial charge in [0.15, 0.2) is 0 Å². The van der Waals surface area contributed by atoms with Crippen LogP contribution < -0.4 is 11.1 Å². The molecule has 2 rings (SSSR count). The van der Waals surface area contributed by atoms with Gasteiger partial charge in [0.1, 0.15) is 11.4 Å². The molecule has 5 nitrogen and oxygen atoms in total. The van der Waals surface area contributed by atoms with Crippen molar-refractivity contribution in [3.63, 3.8) is 0 Å². The monoisotopic (exact) mass is 240 g/mol. The normalized spacial score (nSPS) is 17.8. The largest absolute Gasteiger partial charge is 0.383 e. The third-order valence-electron chi connectivity index (χ3n) is 3.18. The van der Waals surface area contributed by atoms with Gasteiger partial charge in [0, 0.05) is 11.3 Å². The van der Waals surface area contributed by atoms with Crippen molar-refractivity contribution < 1.29 is 4.79 Å². The lowest BCUT2D eigenvalue weighted by molar-refractivity contribution is 0.0945. The van der Waals surface area contributed by atoms with Crippen molar-refractivity contribution in [2.45, 2.75) is 24.0 Å². The lowest BCUT2D eigenvalue weighted by Gasteiger charge is -2.40. The molecule has 0 unspecified atom stereocenters. The zero-order chi connectivity index (χ0) is 11.6. The molecule has 0 spiro atoms. The Hall–Kier alpha value is -1.17. The fourth-order valence-corrected chi connectivity index (χ4v) is 2.75. The molecule has 1 aromatic rings. The molecule has 1 aromatic heterocycles. The second kappa shape index (κ2) is 4.37. The van der Waals surface area contributed by atoms with E-state index in [-0.39, 0.29) is 10.7 Å². The van der Waals surface area contributed by atoms with Crippen LogP contribution in [0.1, 0.15) is 29.6 Å². The van der Waals surface area contributed by atoms with Gasteiger partial charge in [0.2, 0.25) is 0 Å². The molecule has 1 aliphatic rings. The molecule has 88 valence electrons. The third kappa shape index (κ3) is 2.02. The summed E-state index contributed by atoms with van der Waals surface area (Å²) in [5, 5.41) is 9.20. The van der Waals surface area contributed by atoms with Gasteiger partial charge in [-0.15, -0.1) is 0 Å². The summed E-state index contributed by atoms with van der Waals surface area (Å²) >= 11 is 1.83. The van der Waals surface area contributed by atoms with E-state index in [0.717, 1.165) is 0 Å². The standard InChI is InChI=1S/C10H16N4OS/c1-16-10(3-2-4-10)6-12-9(15)7-5-13-14-8(7)11/h5H,2-4,6H2,1H3,(H,12,15)(H3,11,13,14). The second-order valence-corrected chi connectivity index (χ2v) is 5.39. The maximum absolute atomic E-state index is 11.8. The smallest absolute Gasteiger partial charge is 0.256 e. The minimum Gasteiger partial charge on any atom is -0.383 e. The number of nitrogens with two attached hydrogens (primary N) is 1. The number of carbonyl (C=O) groups is 1. The van der Waals surface area contributed by atoms with Gasteiger partial charge in [0.25, 0.3) is 5.91 Å². The Morgan fingerprint density at radius 1 is 1.75 bits per heavy atom. The first-order valence-corrected chi connectivity index (χ1v) is 6.51. The fourth-order valence-electron chi connectivity index (χ4n) is 1.84. The Labute approximate surface area is 98.6 Å². The average Bonchev–Trinajstić information content (AvgIpc) is 2.63. The maximum atomic E-state index is 11.8. The van der Waals surface area contributed by atoms with Crippen LogP contribution in [-0.4, -0.2) is 33.7 Å². The number of carbonyl (C=O) groups excluding carboxylic acids is 1. The van der Waals surface area contributed by atoms with Gasteiger partial charge in [-0.05, 0) is 19.1 Å². The lowest BCUT2D eigenvalue weighted by Crippen LogP contribution is -2.45. The van der Waals surface area contributed by atoms with Crippen LogP contribution in [0.25, 0.3) is 0 Å². The van der Waals surface area contributed by atoms with Gasteiger partial charge in [-0.1, -0.05) is 6.42 Å². The van der Waals surface area contributed by atoms with Crippen LogP contribution in [0.2, 0.25) is 0 Å². The number of H-pyrrole nitrogens is 1. The summed E-state index contributed by atoms with van der Waals surface area (Å²) < 4.78 is 0.244. The molecule has 1 saturated carbocycles. The molecule has 16 heavy (non-hydrogen) atoms. The molecule has 0 saturated heterocycles. The van der Waals surface area contributed by atoms with Crippen molar-refractivity contribution in [2.75, 3.05) is 18.5 Å². The van der Waals surface area contributed by atoms with E-state index >= 15 is 0 Å². The van der Waals surface area contributed by atoms with Gasteiger partial charge >= 0.3 is 0 Å². The second-order valence-electron chi connectivity index (χ2n) is 4.12. The van der Waals surface area contributed by atoms with Gasteiger partial charge < -0.3 is 11.1 Å². The first kappa shape index (κ1) is 11.3. The first-order valence-electron chi connectivity index (χ1n) is 5.29. The minimum absolute atomic E-state index is 0.147. The Bertz CT molecular complexity index is 380. The average molecular weight is 240 g/mol. The molecule has 0 bridgehead atoms. The molecular weight excluding hydrogens is 224 g/mol. The highest BCUT2D eigenvalue weighted by molar-refractivity contribution is 8.00. The molecule has 6 heteroatoms. The summed E-state index contributed by atoms with van der Waals surface area (Å²) in [5.41, 5.74) is 6.00. The zero-order valence-corrected chi connectivity index (χ0v) is 10.1. The molecule has 1 fully saturated rings. The van der Waals surface area contributed by atoms with Crippen LogP contribution in [0.15, 0.2) is 6.20 Å². The van der Waals surface area contributed by atoms with Crippen LogP contribution in [0.4, 0.5) is 5.82 Å². The van der Waals surface area contributed by atoms with Crippen LogP contribution >= 0.6 is 11.8 Å². The number of thioether (sulfide) groups is 1. The van der Waals surface area contributed by atoms with Crippen molar-refractivity contribution in [2.24, 2.45) is 0 Å². The first-order chi connectivity index (χ1) is 7.67. The van der Waals surface area contributed by atoms with Crippen LogP contribution in [0, 0.1) is 0 Å². The number of hydrogen-bond donors (Lipinski definition) is 3. The number of nitrogens with zero attached hydrogens (tertiary/aromatic N) is 1. The Morgan fingerprint density at radius 2 is 2.50 bits per heavy atom. The van der Waals surface area contributed by atoms with Crippen molar-refractivity contribution >= 4 is 23.5 Å². The van der Waals surface area contributed by atoms with Gasteiger partial charge in [-0.2, -0.15) is 16.9 Å². The summed E-state index contributed by atoms with van der Waals surface area (Å²) in [5.74, 6) is 0.177. The van der Waals surface area contributed by atoms with Crippen molar-refractivity contribution in [3.05, 3.63) is 11.8 Å². The summed E-state index contributed by atoms with van der Waals surface area (Å²) in [7, 11) is 0. The number of nitrogens with one attached hydrogen (secondary N) is 2. The molecule has 1 aliphatic carbocycles. The molecule has 1 amide bonds. The summed E-state index contributed by atoms with van der Waals surface area (Å²) in [6.45, 7) is 0.706.